The average molecular weight is 224 g/mol. The van der Waals surface area contributed by atoms with E-state index in [9.17, 15) is 8.78 Å². The molecule has 1 aliphatic heterocycles. The SMILES string of the molecule is N#Cc1nccnc1N1CCC(F)(F)CC1. The Kier molecular flexibility index (Phi) is 2.69. The maximum absolute atomic E-state index is 12.9. The topological polar surface area (TPSA) is 52.8 Å². The molecule has 0 atom stereocenters. The number of aromatic nitrogens is 2. The molecule has 0 amide bonds. The van der Waals surface area contributed by atoms with E-state index in [1.165, 1.54) is 12.4 Å². The third-order valence-electron chi connectivity index (χ3n) is 2.58. The molecule has 0 unspecified atom stereocenters. The van der Waals surface area contributed by atoms with Crippen molar-refractivity contribution < 1.29 is 8.78 Å². The van der Waals surface area contributed by atoms with E-state index in [-0.39, 0.29) is 31.6 Å². The summed E-state index contributed by atoms with van der Waals surface area (Å²) in [5, 5.41) is 8.82. The number of alkyl halides is 2. The lowest BCUT2D eigenvalue weighted by Gasteiger charge is -2.32. The molecule has 0 aliphatic carbocycles. The van der Waals surface area contributed by atoms with E-state index in [4.69, 9.17) is 5.26 Å². The van der Waals surface area contributed by atoms with Crippen molar-refractivity contribution in [3.05, 3.63) is 18.1 Å². The number of piperidine rings is 1. The van der Waals surface area contributed by atoms with Gasteiger partial charge in [0.25, 0.3) is 5.92 Å². The van der Waals surface area contributed by atoms with Crippen LogP contribution in [0.1, 0.15) is 18.5 Å². The Labute approximate surface area is 91.5 Å². The predicted octanol–water partition coefficient (Wildman–Crippen LogP) is 1.58. The smallest absolute Gasteiger partial charge is 0.251 e. The van der Waals surface area contributed by atoms with Crippen LogP contribution in [-0.4, -0.2) is 29.0 Å². The summed E-state index contributed by atoms with van der Waals surface area (Å²) >= 11 is 0. The van der Waals surface area contributed by atoms with Crippen molar-refractivity contribution in [3.63, 3.8) is 0 Å². The van der Waals surface area contributed by atoms with Gasteiger partial charge in [-0.15, -0.1) is 0 Å². The molecule has 0 bridgehead atoms. The van der Waals surface area contributed by atoms with Crippen molar-refractivity contribution in [1.82, 2.24) is 9.97 Å². The third-order valence-corrected chi connectivity index (χ3v) is 2.58. The van der Waals surface area contributed by atoms with Crippen molar-refractivity contribution >= 4 is 5.82 Å². The zero-order valence-corrected chi connectivity index (χ0v) is 8.53. The minimum atomic E-state index is -2.59. The molecule has 1 aromatic rings. The van der Waals surface area contributed by atoms with Gasteiger partial charge in [0, 0.05) is 38.3 Å². The largest absolute Gasteiger partial charge is 0.354 e. The summed E-state index contributed by atoms with van der Waals surface area (Å²) in [7, 11) is 0. The first-order chi connectivity index (χ1) is 7.62. The number of nitrogens with zero attached hydrogens (tertiary/aromatic N) is 4. The van der Waals surface area contributed by atoms with E-state index < -0.39 is 5.92 Å². The quantitative estimate of drug-likeness (QED) is 0.726. The van der Waals surface area contributed by atoms with Crippen molar-refractivity contribution in [3.8, 4) is 6.07 Å². The maximum atomic E-state index is 12.9. The Morgan fingerprint density at radius 2 is 1.88 bits per heavy atom. The minimum Gasteiger partial charge on any atom is -0.354 e. The fourth-order valence-electron chi connectivity index (χ4n) is 1.69. The monoisotopic (exact) mass is 224 g/mol. The zero-order chi connectivity index (χ0) is 11.6. The van der Waals surface area contributed by atoms with Crippen LogP contribution < -0.4 is 4.90 Å². The van der Waals surface area contributed by atoms with Gasteiger partial charge in [-0.25, -0.2) is 18.7 Å². The van der Waals surface area contributed by atoms with Crippen LogP contribution in [0.5, 0.6) is 0 Å². The molecule has 0 radical (unpaired) electrons. The first kappa shape index (κ1) is 10.7. The van der Waals surface area contributed by atoms with Crippen LogP contribution in [0.25, 0.3) is 0 Å². The highest BCUT2D eigenvalue weighted by atomic mass is 19.3. The molecule has 1 aromatic heterocycles. The van der Waals surface area contributed by atoms with Gasteiger partial charge in [0.15, 0.2) is 11.5 Å². The van der Waals surface area contributed by atoms with E-state index in [2.05, 4.69) is 9.97 Å². The van der Waals surface area contributed by atoms with Crippen molar-refractivity contribution in [1.29, 1.82) is 5.26 Å². The summed E-state index contributed by atoms with van der Waals surface area (Å²) in [5.74, 6) is -2.19. The van der Waals surface area contributed by atoms with Gasteiger partial charge in [0.05, 0.1) is 0 Å². The van der Waals surface area contributed by atoms with Crippen LogP contribution in [0, 0.1) is 11.3 Å². The molecule has 0 spiro atoms. The highest BCUT2D eigenvalue weighted by Crippen LogP contribution is 2.30. The Bertz CT molecular complexity index is 417. The van der Waals surface area contributed by atoms with Gasteiger partial charge in [-0.1, -0.05) is 0 Å². The lowest BCUT2D eigenvalue weighted by molar-refractivity contribution is -0.0221. The Hall–Kier alpha value is -1.77. The number of hydrogen-bond donors (Lipinski definition) is 0. The van der Waals surface area contributed by atoms with E-state index in [0.717, 1.165) is 0 Å². The molecule has 0 N–H and O–H groups in total. The average Bonchev–Trinajstić information content (AvgIpc) is 2.29. The second-order valence-corrected chi connectivity index (χ2v) is 3.68. The Morgan fingerprint density at radius 1 is 1.25 bits per heavy atom. The number of hydrogen-bond acceptors (Lipinski definition) is 4. The van der Waals surface area contributed by atoms with Crippen LogP contribution in [-0.2, 0) is 0 Å². The number of rotatable bonds is 1. The van der Waals surface area contributed by atoms with Crippen LogP contribution in [0.4, 0.5) is 14.6 Å². The van der Waals surface area contributed by atoms with E-state index in [1.807, 2.05) is 6.07 Å². The fraction of sp³-hybridized carbons (Fsp3) is 0.500. The van der Waals surface area contributed by atoms with Crippen LogP contribution >= 0.6 is 0 Å². The number of halogens is 2. The summed E-state index contributed by atoms with van der Waals surface area (Å²) < 4.78 is 25.9. The predicted molar refractivity (Wildman–Crippen MR) is 53.1 cm³/mol. The van der Waals surface area contributed by atoms with Gasteiger partial charge in [-0.3, -0.25) is 0 Å². The molecule has 2 rings (SSSR count). The molecule has 16 heavy (non-hydrogen) atoms. The van der Waals surface area contributed by atoms with E-state index in [0.29, 0.717) is 5.82 Å². The number of nitriles is 1. The summed E-state index contributed by atoms with van der Waals surface area (Å²) in [6.45, 7) is 0.417. The standard InChI is InChI=1S/C10H10F2N4/c11-10(12)1-5-16(6-2-10)9-8(7-13)14-3-4-15-9/h3-4H,1-2,5-6H2. The molecular weight excluding hydrogens is 214 g/mol. The summed E-state index contributed by atoms with van der Waals surface area (Å²) in [6, 6.07) is 1.91. The van der Waals surface area contributed by atoms with Gasteiger partial charge in [0.1, 0.15) is 6.07 Å². The van der Waals surface area contributed by atoms with Gasteiger partial charge < -0.3 is 4.90 Å². The lowest BCUT2D eigenvalue weighted by Crippen LogP contribution is -2.40. The first-order valence-electron chi connectivity index (χ1n) is 4.96. The van der Waals surface area contributed by atoms with Crippen molar-refractivity contribution in [2.24, 2.45) is 0 Å². The molecule has 2 heterocycles. The molecule has 4 nitrogen and oxygen atoms in total. The second kappa shape index (κ2) is 4.00. The molecule has 0 saturated carbocycles. The highest BCUT2D eigenvalue weighted by molar-refractivity contribution is 5.49. The van der Waals surface area contributed by atoms with Crippen molar-refractivity contribution in [2.75, 3.05) is 18.0 Å². The van der Waals surface area contributed by atoms with Gasteiger partial charge in [-0.2, -0.15) is 5.26 Å². The number of anilines is 1. The maximum Gasteiger partial charge on any atom is 0.251 e. The van der Waals surface area contributed by atoms with Crippen molar-refractivity contribution in [2.45, 2.75) is 18.8 Å². The minimum absolute atomic E-state index is 0.188. The molecule has 0 aromatic carbocycles. The lowest BCUT2D eigenvalue weighted by atomic mass is 10.1. The fourth-order valence-corrected chi connectivity index (χ4v) is 1.69. The van der Waals surface area contributed by atoms with Gasteiger partial charge in [0.2, 0.25) is 0 Å². The molecule has 84 valence electrons. The summed E-state index contributed by atoms with van der Waals surface area (Å²) in [6.07, 6.45) is 2.48. The van der Waals surface area contributed by atoms with Crippen LogP contribution in [0.3, 0.4) is 0 Å². The Morgan fingerprint density at radius 3 is 2.50 bits per heavy atom. The second-order valence-electron chi connectivity index (χ2n) is 3.68. The molecule has 1 aliphatic rings. The third kappa shape index (κ3) is 2.08. The summed E-state index contributed by atoms with van der Waals surface area (Å²) in [4.78, 5) is 9.56. The van der Waals surface area contributed by atoms with Gasteiger partial charge >= 0.3 is 0 Å². The highest BCUT2D eigenvalue weighted by Gasteiger charge is 2.35. The van der Waals surface area contributed by atoms with Crippen LogP contribution in [0.2, 0.25) is 0 Å². The van der Waals surface area contributed by atoms with Gasteiger partial charge in [-0.05, 0) is 0 Å². The molecule has 1 fully saturated rings. The molecule has 6 heteroatoms. The Balaban J connectivity index is 2.18. The zero-order valence-electron chi connectivity index (χ0n) is 8.53. The first-order valence-corrected chi connectivity index (χ1v) is 4.96. The molecule has 1 saturated heterocycles. The van der Waals surface area contributed by atoms with Crippen LogP contribution in [0.15, 0.2) is 12.4 Å². The summed E-state index contributed by atoms with van der Waals surface area (Å²) in [5.41, 5.74) is 0.188. The van der Waals surface area contributed by atoms with E-state index >= 15 is 0 Å². The molecular formula is C10H10F2N4. The van der Waals surface area contributed by atoms with E-state index in [1.54, 1.807) is 4.90 Å². The normalized spacial score (nSPS) is 19.2.